The zero-order valence-corrected chi connectivity index (χ0v) is 6.74. The van der Waals surface area contributed by atoms with E-state index in [-0.39, 0.29) is 0 Å². The minimum absolute atomic E-state index is 0.399. The lowest BCUT2D eigenvalue weighted by Crippen LogP contribution is -2.07. The summed E-state index contributed by atoms with van der Waals surface area (Å²) in [6.45, 7) is 1.51. The van der Waals surface area contributed by atoms with Crippen molar-refractivity contribution in [2.24, 2.45) is 0 Å². The van der Waals surface area contributed by atoms with E-state index >= 15 is 0 Å². The molecule has 0 spiro atoms. The van der Waals surface area contributed by atoms with Crippen LogP contribution in [0.4, 0.5) is 0 Å². The smallest absolute Gasteiger partial charge is 0.392 e. The number of hydrogen-bond donors (Lipinski definition) is 0. The summed E-state index contributed by atoms with van der Waals surface area (Å²) in [7, 11) is 0. The normalized spacial score (nSPS) is 9.42. The second-order valence-electron chi connectivity index (χ2n) is 2.48. The molecule has 0 aliphatic carbocycles. The second kappa shape index (κ2) is 3.76. The fourth-order valence-corrected chi connectivity index (χ4v) is 0.847. The number of rotatable bonds is 3. The zero-order chi connectivity index (χ0) is 8.97. The maximum atomic E-state index is 10.0. The van der Waals surface area contributed by atoms with Crippen molar-refractivity contribution in [1.82, 2.24) is 0 Å². The van der Waals surface area contributed by atoms with Gasteiger partial charge in [-0.3, -0.25) is 0 Å². The average Bonchev–Trinajstić information content (AvgIpc) is 2.01. The summed E-state index contributed by atoms with van der Waals surface area (Å²) in [6.07, 6.45) is 0. The summed E-state index contributed by atoms with van der Waals surface area (Å²) >= 11 is 0. The summed E-state index contributed by atoms with van der Waals surface area (Å²) < 4.78 is 4.89. The van der Waals surface area contributed by atoms with E-state index in [9.17, 15) is 9.90 Å². The van der Waals surface area contributed by atoms with Gasteiger partial charge in [0.05, 0.1) is 0 Å². The van der Waals surface area contributed by atoms with Crippen LogP contribution >= 0.6 is 0 Å². The first-order valence-corrected chi connectivity index (χ1v) is 3.58. The van der Waals surface area contributed by atoms with Crippen LogP contribution < -0.4 is 4.74 Å². The largest absolute Gasteiger partial charge is 0.482 e. The quantitative estimate of drug-likeness (QED) is 0.678. The van der Waals surface area contributed by atoms with Gasteiger partial charge in [-0.2, -0.15) is 0 Å². The van der Waals surface area contributed by atoms with Crippen LogP contribution in [0.25, 0.3) is 0 Å². The lowest BCUT2D eigenvalue weighted by atomic mass is 10.2. The molecule has 0 bridgehead atoms. The van der Waals surface area contributed by atoms with Gasteiger partial charge < -0.3 is 4.74 Å². The van der Waals surface area contributed by atoms with Crippen LogP contribution in [0.3, 0.4) is 0 Å². The molecule has 1 radical (unpaired) electrons. The molecule has 0 saturated carbocycles. The molecule has 0 unspecified atom stereocenters. The molecule has 1 rings (SSSR count). The topological polar surface area (TPSA) is 46.2 Å². The minimum Gasteiger partial charge on any atom is -0.482 e. The fourth-order valence-electron chi connectivity index (χ4n) is 0.847. The highest BCUT2D eigenvalue weighted by atomic mass is 16.5. The molecule has 1 aromatic rings. The first-order valence-electron chi connectivity index (χ1n) is 3.58. The van der Waals surface area contributed by atoms with E-state index in [0.717, 1.165) is 5.56 Å². The standard InChI is InChI=1S/C9H9O3/c1-7-3-2-4-8(5-7)12-6-9(10)11/h2-5H,6H2,1H3. The van der Waals surface area contributed by atoms with Crippen LogP contribution in [0, 0.1) is 6.92 Å². The molecule has 0 amide bonds. The van der Waals surface area contributed by atoms with E-state index < -0.39 is 12.6 Å². The first kappa shape index (κ1) is 8.59. The molecule has 1 aromatic carbocycles. The van der Waals surface area contributed by atoms with E-state index in [1.807, 2.05) is 13.0 Å². The van der Waals surface area contributed by atoms with Crippen molar-refractivity contribution in [2.45, 2.75) is 6.92 Å². The lowest BCUT2D eigenvalue weighted by Gasteiger charge is -2.01. The lowest BCUT2D eigenvalue weighted by molar-refractivity contribution is -0.145. The summed E-state index contributed by atoms with van der Waals surface area (Å²) in [5.41, 5.74) is 1.03. The molecule has 0 aromatic heterocycles. The van der Waals surface area contributed by atoms with Gasteiger partial charge in [-0.05, 0) is 24.6 Å². The monoisotopic (exact) mass is 165 g/mol. The molecular formula is C9H9O3. The van der Waals surface area contributed by atoms with Crippen LogP contribution in [0.2, 0.25) is 0 Å². The van der Waals surface area contributed by atoms with Gasteiger partial charge >= 0.3 is 5.97 Å². The molecule has 3 heteroatoms. The van der Waals surface area contributed by atoms with Gasteiger partial charge in [-0.25, -0.2) is 9.90 Å². The molecule has 0 aliphatic rings. The maximum absolute atomic E-state index is 10.0. The second-order valence-corrected chi connectivity index (χ2v) is 2.48. The van der Waals surface area contributed by atoms with Gasteiger partial charge in [-0.15, -0.1) is 0 Å². The van der Waals surface area contributed by atoms with Gasteiger partial charge in [-0.1, -0.05) is 12.1 Å². The van der Waals surface area contributed by atoms with Gasteiger partial charge in [0.25, 0.3) is 0 Å². The Balaban J connectivity index is 2.57. The highest BCUT2D eigenvalue weighted by Gasteiger charge is 2.00. The third-order valence-electron chi connectivity index (χ3n) is 1.35. The Morgan fingerprint density at radius 3 is 2.83 bits per heavy atom. The van der Waals surface area contributed by atoms with Crippen molar-refractivity contribution < 1.29 is 14.6 Å². The number of carbonyl (C=O) groups excluding carboxylic acids is 1. The Bertz CT molecular complexity index is 281. The number of carbonyl (C=O) groups is 1. The summed E-state index contributed by atoms with van der Waals surface area (Å²) in [5.74, 6) is -0.657. The van der Waals surface area contributed by atoms with E-state index in [4.69, 9.17) is 4.74 Å². The maximum Gasteiger partial charge on any atom is 0.392 e. The Kier molecular flexibility index (Phi) is 2.69. The van der Waals surface area contributed by atoms with Gasteiger partial charge in [0.15, 0.2) is 6.61 Å². The third kappa shape index (κ3) is 2.62. The van der Waals surface area contributed by atoms with E-state index in [1.54, 1.807) is 18.2 Å². The summed E-state index contributed by atoms with van der Waals surface area (Å²) in [6, 6.07) is 7.19. The van der Waals surface area contributed by atoms with E-state index in [2.05, 4.69) is 0 Å². The highest BCUT2D eigenvalue weighted by molar-refractivity contribution is 5.68. The number of ether oxygens (including phenoxy) is 1. The Labute approximate surface area is 70.6 Å². The van der Waals surface area contributed by atoms with Crippen LogP contribution in [-0.4, -0.2) is 12.6 Å². The van der Waals surface area contributed by atoms with Crippen molar-refractivity contribution in [3.8, 4) is 5.75 Å². The molecule has 12 heavy (non-hydrogen) atoms. The first-order chi connectivity index (χ1) is 5.68. The molecule has 63 valence electrons. The van der Waals surface area contributed by atoms with Crippen LogP contribution in [-0.2, 0) is 9.90 Å². The van der Waals surface area contributed by atoms with E-state index in [1.165, 1.54) is 0 Å². The van der Waals surface area contributed by atoms with Crippen molar-refractivity contribution in [1.29, 1.82) is 0 Å². The molecule has 0 heterocycles. The molecule has 0 fully saturated rings. The van der Waals surface area contributed by atoms with Crippen LogP contribution in [0.15, 0.2) is 24.3 Å². The highest BCUT2D eigenvalue weighted by Crippen LogP contribution is 2.11. The van der Waals surface area contributed by atoms with Crippen molar-refractivity contribution in [2.75, 3.05) is 6.61 Å². The van der Waals surface area contributed by atoms with Crippen LogP contribution in [0.1, 0.15) is 5.56 Å². The zero-order valence-electron chi connectivity index (χ0n) is 6.74. The third-order valence-corrected chi connectivity index (χ3v) is 1.35. The van der Waals surface area contributed by atoms with Gasteiger partial charge in [0.1, 0.15) is 5.75 Å². The molecule has 0 aliphatic heterocycles. The number of aryl methyl sites for hydroxylation is 1. The average molecular weight is 165 g/mol. The molecule has 0 saturated heterocycles. The Morgan fingerprint density at radius 1 is 1.50 bits per heavy atom. The SMILES string of the molecule is Cc1cccc(OCC([O])=O)c1. The molecular weight excluding hydrogens is 156 g/mol. The van der Waals surface area contributed by atoms with Crippen molar-refractivity contribution >= 4 is 5.97 Å². The molecule has 0 N–H and O–H groups in total. The predicted molar refractivity (Wildman–Crippen MR) is 42.4 cm³/mol. The van der Waals surface area contributed by atoms with Crippen molar-refractivity contribution in [3.63, 3.8) is 0 Å². The minimum atomic E-state index is -1.21. The van der Waals surface area contributed by atoms with E-state index in [0.29, 0.717) is 5.75 Å². The fraction of sp³-hybridized carbons (Fsp3) is 0.222. The molecule has 3 nitrogen and oxygen atoms in total. The number of hydrogen-bond acceptors (Lipinski definition) is 2. The predicted octanol–water partition coefficient (Wildman–Crippen LogP) is 1.33. The van der Waals surface area contributed by atoms with Crippen LogP contribution in [0.5, 0.6) is 5.75 Å². The molecule has 0 atom stereocenters. The number of benzene rings is 1. The van der Waals surface area contributed by atoms with Gasteiger partial charge in [0, 0.05) is 0 Å². The van der Waals surface area contributed by atoms with Gasteiger partial charge in [0.2, 0.25) is 0 Å². The van der Waals surface area contributed by atoms with Crippen molar-refractivity contribution in [3.05, 3.63) is 29.8 Å². The summed E-state index contributed by atoms with van der Waals surface area (Å²) in [5, 5.41) is 10.0. The summed E-state index contributed by atoms with van der Waals surface area (Å²) in [4.78, 5) is 10.0. The Morgan fingerprint density at radius 2 is 2.25 bits per heavy atom. The Hall–Kier alpha value is -1.51.